The van der Waals surface area contributed by atoms with Crippen molar-refractivity contribution in [1.29, 1.82) is 0 Å². The molecule has 2 nitrogen and oxygen atoms in total. The fraction of sp³-hybridized carbons (Fsp3) is 0.538. The average Bonchev–Trinajstić information content (AvgIpc) is 2.28. The lowest BCUT2D eigenvalue weighted by Crippen LogP contribution is -2.18. The van der Waals surface area contributed by atoms with E-state index in [4.69, 9.17) is 4.74 Å². The van der Waals surface area contributed by atoms with Gasteiger partial charge < -0.3 is 4.74 Å². The number of hydrogen-bond donors (Lipinski definition) is 0. The quantitative estimate of drug-likeness (QED) is 0.757. The van der Waals surface area contributed by atoms with Crippen LogP contribution in [0.3, 0.4) is 0 Å². The Morgan fingerprint density at radius 3 is 2.17 bits per heavy atom. The Bertz CT molecular complexity index is 349. The number of alkyl halides is 3. The topological polar surface area (TPSA) is 18.5 Å². The van der Waals surface area contributed by atoms with E-state index in [9.17, 15) is 13.2 Å². The van der Waals surface area contributed by atoms with Crippen molar-refractivity contribution in [2.24, 2.45) is 0 Å². The summed E-state index contributed by atoms with van der Waals surface area (Å²) < 4.78 is 43.7. The van der Waals surface area contributed by atoms with Crippen LogP contribution in [0.15, 0.2) is 18.2 Å². The normalized spacial score (nSPS) is 10.6. The third kappa shape index (κ3) is 7.17. The highest BCUT2D eigenvalue weighted by atomic mass is 19.4. The molecular weight excluding hydrogens is 245 g/mol. The highest BCUT2D eigenvalue weighted by Crippen LogP contribution is 2.19. The Balaban J connectivity index is 0.00000137. The molecule has 1 aromatic carbocycles. The third-order valence-corrected chi connectivity index (χ3v) is 1.94. The molecule has 5 heteroatoms. The first-order valence-electron chi connectivity index (χ1n) is 5.79. The van der Waals surface area contributed by atoms with Gasteiger partial charge in [-0.05, 0) is 25.5 Å². The zero-order chi connectivity index (χ0) is 14.2. The van der Waals surface area contributed by atoms with E-state index < -0.39 is 13.0 Å². The molecule has 0 bridgehead atoms. The number of ether oxygens (including phenoxy) is 2. The second kappa shape index (κ2) is 7.97. The fourth-order valence-corrected chi connectivity index (χ4v) is 1.27. The Labute approximate surface area is 106 Å². The van der Waals surface area contributed by atoms with Crippen LogP contribution in [-0.2, 0) is 4.74 Å². The summed E-state index contributed by atoms with van der Waals surface area (Å²) in [5.41, 5.74) is 1.98. The number of benzene rings is 1. The molecule has 1 rings (SSSR count). The lowest BCUT2D eigenvalue weighted by molar-refractivity contribution is -0.325. The van der Waals surface area contributed by atoms with E-state index in [-0.39, 0.29) is 6.61 Å². The van der Waals surface area contributed by atoms with Gasteiger partial charge in [-0.1, -0.05) is 31.5 Å². The molecule has 0 amide bonds. The van der Waals surface area contributed by atoms with Crippen LogP contribution in [0, 0.1) is 13.8 Å². The Kier molecular flexibility index (Phi) is 7.43. The first-order chi connectivity index (χ1) is 8.38. The summed E-state index contributed by atoms with van der Waals surface area (Å²) in [4.78, 5) is 0. The third-order valence-electron chi connectivity index (χ3n) is 1.94. The molecule has 104 valence electrons. The average molecular weight is 264 g/mol. The molecule has 0 atom stereocenters. The van der Waals surface area contributed by atoms with Gasteiger partial charge in [0.15, 0.2) is 0 Å². The first kappa shape index (κ1) is 16.8. The first-order valence-corrected chi connectivity index (χ1v) is 5.79. The van der Waals surface area contributed by atoms with E-state index in [2.05, 4.69) is 4.74 Å². The van der Waals surface area contributed by atoms with Crippen molar-refractivity contribution in [3.05, 3.63) is 29.3 Å². The minimum absolute atomic E-state index is 0.122. The SMILES string of the molecule is CC.Cc1ccc(OCCOC(F)(F)F)c(C)c1. The van der Waals surface area contributed by atoms with E-state index in [1.165, 1.54) is 0 Å². The van der Waals surface area contributed by atoms with Crippen molar-refractivity contribution < 1.29 is 22.6 Å². The predicted octanol–water partition coefficient (Wildman–Crippen LogP) is 4.24. The summed E-state index contributed by atoms with van der Waals surface area (Å²) in [6.07, 6.45) is -4.59. The minimum Gasteiger partial charge on any atom is -0.491 e. The van der Waals surface area contributed by atoms with Gasteiger partial charge in [0.05, 0.1) is 6.61 Å². The van der Waals surface area contributed by atoms with Crippen LogP contribution in [-0.4, -0.2) is 19.6 Å². The highest BCUT2D eigenvalue weighted by Gasteiger charge is 2.28. The van der Waals surface area contributed by atoms with Crippen LogP contribution in [0.1, 0.15) is 25.0 Å². The van der Waals surface area contributed by atoms with E-state index in [0.29, 0.717) is 5.75 Å². The summed E-state index contributed by atoms with van der Waals surface area (Å²) in [7, 11) is 0. The molecule has 0 unspecified atom stereocenters. The maximum Gasteiger partial charge on any atom is 0.522 e. The minimum atomic E-state index is -4.59. The van der Waals surface area contributed by atoms with Gasteiger partial charge in [0.25, 0.3) is 0 Å². The van der Waals surface area contributed by atoms with Crippen LogP contribution in [0.2, 0.25) is 0 Å². The van der Waals surface area contributed by atoms with E-state index >= 15 is 0 Å². The van der Waals surface area contributed by atoms with Gasteiger partial charge in [-0.15, -0.1) is 13.2 Å². The van der Waals surface area contributed by atoms with Gasteiger partial charge >= 0.3 is 6.36 Å². The van der Waals surface area contributed by atoms with Crippen LogP contribution < -0.4 is 4.74 Å². The highest BCUT2D eigenvalue weighted by molar-refractivity contribution is 5.35. The van der Waals surface area contributed by atoms with Crippen molar-refractivity contribution in [2.75, 3.05) is 13.2 Å². The van der Waals surface area contributed by atoms with Gasteiger partial charge in [-0.2, -0.15) is 0 Å². The van der Waals surface area contributed by atoms with Crippen LogP contribution >= 0.6 is 0 Å². The molecule has 18 heavy (non-hydrogen) atoms. The summed E-state index contributed by atoms with van der Waals surface area (Å²) in [6.45, 7) is 7.15. The maximum absolute atomic E-state index is 11.6. The van der Waals surface area contributed by atoms with Crippen molar-refractivity contribution in [1.82, 2.24) is 0 Å². The molecule has 0 saturated heterocycles. The van der Waals surface area contributed by atoms with Crippen molar-refractivity contribution >= 4 is 0 Å². The lowest BCUT2D eigenvalue weighted by Gasteiger charge is -2.11. The van der Waals surface area contributed by atoms with Crippen LogP contribution in [0.4, 0.5) is 13.2 Å². The summed E-state index contributed by atoms with van der Waals surface area (Å²) in [6, 6.07) is 5.48. The molecule has 0 aliphatic carbocycles. The van der Waals surface area contributed by atoms with Crippen LogP contribution in [0.5, 0.6) is 5.75 Å². The number of aryl methyl sites for hydroxylation is 2. The standard InChI is InChI=1S/C11H13F3O2.C2H6/c1-8-3-4-10(9(2)7-8)15-5-6-16-11(12,13)14;1-2/h3-4,7H,5-6H2,1-2H3;1-2H3. The summed E-state index contributed by atoms with van der Waals surface area (Å²) in [5.74, 6) is 0.580. The lowest BCUT2D eigenvalue weighted by atomic mass is 10.1. The smallest absolute Gasteiger partial charge is 0.491 e. The molecular formula is C13H19F3O2. The van der Waals surface area contributed by atoms with Gasteiger partial charge in [0, 0.05) is 0 Å². The monoisotopic (exact) mass is 264 g/mol. The predicted molar refractivity (Wildman–Crippen MR) is 64.8 cm³/mol. The fourth-order valence-electron chi connectivity index (χ4n) is 1.27. The number of hydrogen-bond acceptors (Lipinski definition) is 2. The Hall–Kier alpha value is -1.23. The molecule has 0 radical (unpaired) electrons. The zero-order valence-corrected chi connectivity index (χ0v) is 11.1. The van der Waals surface area contributed by atoms with Crippen LogP contribution in [0.25, 0.3) is 0 Å². The molecule has 0 fully saturated rings. The largest absolute Gasteiger partial charge is 0.522 e. The zero-order valence-electron chi connectivity index (χ0n) is 11.1. The van der Waals surface area contributed by atoms with Gasteiger partial charge in [-0.3, -0.25) is 4.74 Å². The van der Waals surface area contributed by atoms with Gasteiger partial charge in [0.1, 0.15) is 12.4 Å². The van der Waals surface area contributed by atoms with E-state index in [1.54, 1.807) is 6.07 Å². The Morgan fingerprint density at radius 2 is 1.67 bits per heavy atom. The molecule has 0 aliphatic rings. The Morgan fingerprint density at radius 1 is 1.06 bits per heavy atom. The summed E-state index contributed by atoms with van der Waals surface area (Å²) >= 11 is 0. The van der Waals surface area contributed by atoms with E-state index in [0.717, 1.165) is 11.1 Å². The van der Waals surface area contributed by atoms with Gasteiger partial charge in [-0.25, -0.2) is 0 Å². The molecule has 0 saturated carbocycles. The molecule has 0 N–H and O–H groups in total. The molecule has 0 aliphatic heterocycles. The number of halogens is 3. The second-order valence-electron chi connectivity index (χ2n) is 3.41. The number of rotatable bonds is 4. The van der Waals surface area contributed by atoms with Crippen molar-refractivity contribution in [2.45, 2.75) is 34.1 Å². The molecule has 1 aromatic rings. The van der Waals surface area contributed by atoms with E-state index in [1.807, 2.05) is 39.8 Å². The maximum atomic E-state index is 11.6. The second-order valence-corrected chi connectivity index (χ2v) is 3.41. The van der Waals surface area contributed by atoms with Crippen molar-refractivity contribution in [3.8, 4) is 5.75 Å². The van der Waals surface area contributed by atoms with Crippen molar-refractivity contribution in [3.63, 3.8) is 0 Å². The molecule has 0 aromatic heterocycles. The molecule has 0 heterocycles. The molecule has 0 spiro atoms. The summed E-state index contributed by atoms with van der Waals surface area (Å²) in [5, 5.41) is 0. The van der Waals surface area contributed by atoms with Gasteiger partial charge in [0.2, 0.25) is 0 Å².